The molecule has 0 aromatic heterocycles. The summed E-state index contributed by atoms with van der Waals surface area (Å²) in [6.07, 6.45) is 1.01. The van der Waals surface area contributed by atoms with Crippen molar-refractivity contribution in [2.45, 2.75) is 13.3 Å². The van der Waals surface area contributed by atoms with E-state index in [9.17, 15) is 0 Å². The molecule has 13 heavy (non-hydrogen) atoms. The van der Waals surface area contributed by atoms with Crippen molar-refractivity contribution in [3.05, 3.63) is 24.3 Å². The fraction of sp³-hybridized carbons (Fsp3) is 0.400. The van der Waals surface area contributed by atoms with Crippen LogP contribution >= 0.6 is 11.6 Å². The van der Waals surface area contributed by atoms with Gasteiger partial charge >= 0.3 is 0 Å². The van der Waals surface area contributed by atoms with E-state index in [4.69, 9.17) is 21.1 Å². The lowest BCUT2D eigenvalue weighted by atomic mass is 10.3. The monoisotopic (exact) mass is 200 g/mol. The molecule has 3 heteroatoms. The maximum atomic E-state index is 5.41. The molecule has 0 amide bonds. The predicted molar refractivity (Wildman–Crippen MR) is 53.6 cm³/mol. The molecule has 1 aromatic rings. The normalized spacial score (nSPS) is 9.69. The van der Waals surface area contributed by atoms with E-state index >= 15 is 0 Å². The Morgan fingerprint density at radius 3 is 2.08 bits per heavy atom. The van der Waals surface area contributed by atoms with Gasteiger partial charge < -0.3 is 9.47 Å². The zero-order valence-corrected chi connectivity index (χ0v) is 8.38. The number of hydrogen-bond donors (Lipinski definition) is 0. The molecule has 0 aliphatic heterocycles. The van der Waals surface area contributed by atoms with Crippen LogP contribution in [0.25, 0.3) is 0 Å². The van der Waals surface area contributed by atoms with Crippen LogP contribution in [0.2, 0.25) is 0 Å². The lowest BCUT2D eigenvalue weighted by Gasteiger charge is -2.05. The highest BCUT2D eigenvalue weighted by molar-refractivity contribution is 6.17. The third-order valence-corrected chi connectivity index (χ3v) is 1.63. The lowest BCUT2D eigenvalue weighted by molar-refractivity contribution is 0.316. The quantitative estimate of drug-likeness (QED) is 0.681. The summed E-state index contributed by atoms with van der Waals surface area (Å²) in [6.45, 7) is 2.82. The van der Waals surface area contributed by atoms with Crippen LogP contribution in [-0.2, 0) is 0 Å². The van der Waals surface area contributed by atoms with Gasteiger partial charge in [-0.1, -0.05) is 18.5 Å². The highest BCUT2D eigenvalue weighted by Gasteiger charge is 1.94. The molecule has 1 aromatic carbocycles. The molecule has 0 fully saturated rings. The Morgan fingerprint density at radius 2 is 1.62 bits per heavy atom. The zero-order valence-electron chi connectivity index (χ0n) is 7.63. The summed E-state index contributed by atoms with van der Waals surface area (Å²) in [5.41, 5.74) is 0. The molecule has 0 heterocycles. The van der Waals surface area contributed by atoms with E-state index in [1.54, 1.807) is 0 Å². The molecule has 0 aliphatic carbocycles. The van der Waals surface area contributed by atoms with Crippen LogP contribution in [-0.4, -0.2) is 12.7 Å². The highest BCUT2D eigenvalue weighted by Crippen LogP contribution is 2.17. The molecule has 0 atom stereocenters. The van der Waals surface area contributed by atoms with E-state index < -0.39 is 0 Å². The first-order valence-corrected chi connectivity index (χ1v) is 4.82. The van der Waals surface area contributed by atoms with Gasteiger partial charge in [0, 0.05) is 0 Å². The molecule has 2 nitrogen and oxygen atoms in total. The van der Waals surface area contributed by atoms with Gasteiger partial charge in [0.1, 0.15) is 11.5 Å². The van der Waals surface area contributed by atoms with Gasteiger partial charge in [0.15, 0.2) is 6.07 Å². The molecule has 0 bridgehead atoms. The first kappa shape index (κ1) is 10.2. The van der Waals surface area contributed by atoms with Gasteiger partial charge in [-0.3, -0.25) is 0 Å². The molecule has 72 valence electrons. The van der Waals surface area contributed by atoms with E-state index in [0.717, 1.165) is 24.5 Å². The predicted octanol–water partition coefficient (Wildman–Crippen LogP) is 3.05. The Labute approximate surface area is 83.4 Å². The second kappa shape index (κ2) is 5.70. The minimum atomic E-state index is 0.176. The van der Waals surface area contributed by atoms with Gasteiger partial charge in [-0.25, -0.2) is 0 Å². The molecule has 0 saturated heterocycles. The Bertz CT molecular complexity index is 233. The van der Waals surface area contributed by atoms with Gasteiger partial charge in [0.25, 0.3) is 0 Å². The summed E-state index contributed by atoms with van der Waals surface area (Å²) in [6, 6.07) is 7.60. The molecule has 1 rings (SSSR count). The average Bonchev–Trinajstić information content (AvgIpc) is 2.17. The van der Waals surface area contributed by atoms with Gasteiger partial charge in [0.2, 0.25) is 0 Å². The zero-order chi connectivity index (χ0) is 9.52. The summed E-state index contributed by atoms with van der Waals surface area (Å²) in [4.78, 5) is 0. The minimum Gasteiger partial charge on any atom is -0.494 e. The minimum absolute atomic E-state index is 0.176. The molecule has 0 saturated carbocycles. The number of benzene rings is 1. The number of ether oxygens (including phenoxy) is 2. The molecule has 0 N–H and O–H groups in total. The number of rotatable bonds is 5. The molecule has 0 spiro atoms. The van der Waals surface area contributed by atoms with Crippen molar-refractivity contribution >= 4 is 11.6 Å². The van der Waals surface area contributed by atoms with Crippen LogP contribution in [0, 0.1) is 0 Å². The van der Waals surface area contributed by atoms with E-state index in [1.807, 2.05) is 24.3 Å². The summed E-state index contributed by atoms with van der Waals surface area (Å²) in [7, 11) is 0. The Kier molecular flexibility index (Phi) is 4.47. The third-order valence-electron chi connectivity index (χ3n) is 1.52. The third kappa shape index (κ3) is 3.55. The van der Waals surface area contributed by atoms with Crippen LogP contribution in [0.15, 0.2) is 24.3 Å². The fourth-order valence-corrected chi connectivity index (χ4v) is 1.04. The average molecular weight is 201 g/mol. The second-order valence-corrected chi connectivity index (χ2v) is 2.79. The van der Waals surface area contributed by atoms with Crippen molar-refractivity contribution < 1.29 is 9.47 Å². The van der Waals surface area contributed by atoms with Gasteiger partial charge in [0.05, 0.1) is 6.61 Å². The molecular weight excluding hydrogens is 188 g/mol. The molecule has 0 aliphatic rings. The van der Waals surface area contributed by atoms with Gasteiger partial charge in [-0.2, -0.15) is 0 Å². The fourth-order valence-electron chi connectivity index (χ4n) is 0.915. The highest BCUT2D eigenvalue weighted by atomic mass is 35.5. The van der Waals surface area contributed by atoms with Crippen LogP contribution in [0.5, 0.6) is 11.5 Å². The Morgan fingerprint density at radius 1 is 1.08 bits per heavy atom. The number of alkyl halides is 1. The summed E-state index contributed by atoms with van der Waals surface area (Å²) < 4.78 is 10.5. The largest absolute Gasteiger partial charge is 0.494 e. The smallest absolute Gasteiger partial charge is 0.162 e. The first-order valence-electron chi connectivity index (χ1n) is 4.28. The molecule has 0 unspecified atom stereocenters. The van der Waals surface area contributed by atoms with Crippen molar-refractivity contribution in [1.82, 2.24) is 0 Å². The van der Waals surface area contributed by atoms with Crippen LogP contribution < -0.4 is 9.47 Å². The van der Waals surface area contributed by atoms with Gasteiger partial charge in [-0.05, 0) is 30.7 Å². The maximum absolute atomic E-state index is 5.41. The van der Waals surface area contributed by atoms with Crippen molar-refractivity contribution in [2.75, 3.05) is 12.7 Å². The molecular formula is C10H13ClO2. The number of halogens is 1. The topological polar surface area (TPSA) is 18.5 Å². The van der Waals surface area contributed by atoms with Crippen molar-refractivity contribution in [3.8, 4) is 11.5 Å². The summed E-state index contributed by atoms with van der Waals surface area (Å²) in [5.74, 6) is 1.63. The van der Waals surface area contributed by atoms with Gasteiger partial charge in [-0.15, -0.1) is 0 Å². The number of hydrogen-bond acceptors (Lipinski definition) is 2. The first-order chi connectivity index (χ1) is 6.36. The Hall–Kier alpha value is -0.890. The van der Waals surface area contributed by atoms with E-state index in [2.05, 4.69) is 6.92 Å². The van der Waals surface area contributed by atoms with Crippen molar-refractivity contribution in [2.24, 2.45) is 0 Å². The summed E-state index contributed by atoms with van der Waals surface area (Å²) in [5, 5.41) is 0. The van der Waals surface area contributed by atoms with Crippen molar-refractivity contribution in [1.29, 1.82) is 0 Å². The molecule has 0 radical (unpaired) electrons. The summed E-state index contributed by atoms with van der Waals surface area (Å²) >= 11 is 5.41. The lowest BCUT2D eigenvalue weighted by Crippen LogP contribution is -1.95. The standard InChI is InChI=1S/C10H13ClO2/c1-2-7-12-9-3-5-10(6-4-9)13-8-11/h3-6H,2,7-8H2,1H3. The van der Waals surface area contributed by atoms with Crippen LogP contribution in [0.3, 0.4) is 0 Å². The van der Waals surface area contributed by atoms with Crippen LogP contribution in [0.1, 0.15) is 13.3 Å². The second-order valence-electron chi connectivity index (χ2n) is 2.57. The van der Waals surface area contributed by atoms with E-state index in [0.29, 0.717) is 0 Å². The van der Waals surface area contributed by atoms with E-state index in [1.165, 1.54) is 0 Å². The Balaban J connectivity index is 2.48. The maximum Gasteiger partial charge on any atom is 0.162 e. The SMILES string of the molecule is CCCOc1ccc(OCCl)cc1. The van der Waals surface area contributed by atoms with E-state index in [-0.39, 0.29) is 6.07 Å². The van der Waals surface area contributed by atoms with Crippen LogP contribution in [0.4, 0.5) is 0 Å². The van der Waals surface area contributed by atoms with Crippen molar-refractivity contribution in [3.63, 3.8) is 0 Å².